The van der Waals surface area contributed by atoms with Gasteiger partial charge >= 0.3 is 0 Å². The van der Waals surface area contributed by atoms with Crippen LogP contribution in [0.3, 0.4) is 0 Å². The minimum Gasteiger partial charge on any atom is -0.330 e. The Morgan fingerprint density at radius 3 is 2.89 bits per heavy atom. The summed E-state index contributed by atoms with van der Waals surface area (Å²) in [4.78, 5) is 0. The van der Waals surface area contributed by atoms with Crippen LogP contribution in [0.15, 0.2) is 0 Å². The molecule has 0 aromatic carbocycles. The van der Waals surface area contributed by atoms with E-state index < -0.39 is 6.17 Å². The van der Waals surface area contributed by atoms with Crippen molar-refractivity contribution in [2.45, 2.75) is 12.6 Å². The number of nitrogens with two attached hydrogens (primary N) is 1. The van der Waals surface area contributed by atoms with E-state index in [-0.39, 0.29) is 5.92 Å². The first kappa shape index (κ1) is 6.96. The maximum absolute atomic E-state index is 12.7. The van der Waals surface area contributed by atoms with Crippen molar-refractivity contribution in [1.29, 1.82) is 0 Å². The van der Waals surface area contributed by atoms with Gasteiger partial charge in [-0.05, 0) is 19.5 Å². The van der Waals surface area contributed by atoms with Crippen molar-refractivity contribution in [3.63, 3.8) is 0 Å². The van der Waals surface area contributed by atoms with E-state index in [1.54, 1.807) is 0 Å². The summed E-state index contributed by atoms with van der Waals surface area (Å²) in [5.41, 5.74) is 5.31. The number of hydrogen-bond acceptors (Lipinski definition) is 2. The number of piperidine rings is 1. The minimum atomic E-state index is -0.670. The second-order valence-corrected chi connectivity index (χ2v) is 2.50. The summed E-state index contributed by atoms with van der Waals surface area (Å²) < 4.78 is 12.7. The van der Waals surface area contributed by atoms with Crippen molar-refractivity contribution in [1.82, 2.24) is 5.32 Å². The lowest BCUT2D eigenvalue weighted by Crippen LogP contribution is -2.41. The monoisotopic (exact) mass is 132 g/mol. The molecule has 2 nitrogen and oxygen atoms in total. The molecule has 1 rings (SSSR count). The Morgan fingerprint density at radius 1 is 1.67 bits per heavy atom. The van der Waals surface area contributed by atoms with Crippen molar-refractivity contribution < 1.29 is 4.39 Å². The quantitative estimate of drug-likeness (QED) is 0.522. The highest BCUT2D eigenvalue weighted by Gasteiger charge is 2.22. The molecule has 9 heavy (non-hydrogen) atoms. The third kappa shape index (κ3) is 1.63. The van der Waals surface area contributed by atoms with Crippen molar-refractivity contribution >= 4 is 0 Å². The van der Waals surface area contributed by atoms with Gasteiger partial charge in [0.2, 0.25) is 0 Å². The Labute approximate surface area is 54.6 Å². The first-order valence-electron chi connectivity index (χ1n) is 3.39. The lowest BCUT2D eigenvalue weighted by atomic mass is 9.98. The molecule has 3 N–H and O–H groups in total. The average molecular weight is 132 g/mol. The molecular weight excluding hydrogens is 119 g/mol. The zero-order valence-electron chi connectivity index (χ0n) is 5.44. The summed E-state index contributed by atoms with van der Waals surface area (Å²) in [5.74, 6) is 0.0544. The summed E-state index contributed by atoms with van der Waals surface area (Å²) in [6.45, 7) is 2.02. The third-order valence-corrected chi connectivity index (χ3v) is 1.82. The van der Waals surface area contributed by atoms with E-state index in [0.717, 1.165) is 13.1 Å². The Morgan fingerprint density at radius 2 is 2.44 bits per heavy atom. The maximum Gasteiger partial charge on any atom is 0.107 e. The third-order valence-electron chi connectivity index (χ3n) is 1.82. The fourth-order valence-electron chi connectivity index (χ4n) is 1.12. The van der Waals surface area contributed by atoms with Crippen molar-refractivity contribution in [2.75, 3.05) is 19.6 Å². The molecule has 1 aliphatic heterocycles. The summed E-state index contributed by atoms with van der Waals surface area (Å²) >= 11 is 0. The van der Waals surface area contributed by atoms with Crippen molar-refractivity contribution in [2.24, 2.45) is 11.7 Å². The molecule has 0 aromatic rings. The van der Waals surface area contributed by atoms with Gasteiger partial charge in [0.05, 0.1) is 0 Å². The maximum atomic E-state index is 12.7. The summed E-state index contributed by atoms with van der Waals surface area (Å²) in [6.07, 6.45) is -0.0433. The highest BCUT2D eigenvalue weighted by atomic mass is 19.1. The fraction of sp³-hybridized carbons (Fsp3) is 1.00. The van der Waals surface area contributed by atoms with Crippen LogP contribution in [-0.4, -0.2) is 25.8 Å². The molecule has 54 valence electrons. The average Bonchev–Trinajstić information content (AvgIpc) is 1.89. The predicted molar refractivity (Wildman–Crippen MR) is 34.9 cm³/mol. The molecule has 0 aromatic heterocycles. The number of halogens is 1. The Bertz CT molecular complexity index is 87.1. The zero-order valence-corrected chi connectivity index (χ0v) is 5.44. The standard InChI is InChI=1S/C6H13FN2/c7-6-1-2-9-4-5(6)3-8/h5-6,9H,1-4,8H2/t5-,6+/m0/s1. The number of alkyl halides is 1. The van der Waals surface area contributed by atoms with E-state index in [1.807, 2.05) is 0 Å². The van der Waals surface area contributed by atoms with Crippen LogP contribution < -0.4 is 11.1 Å². The van der Waals surface area contributed by atoms with Gasteiger partial charge in [-0.15, -0.1) is 0 Å². The molecule has 0 unspecified atom stereocenters. The second kappa shape index (κ2) is 3.13. The van der Waals surface area contributed by atoms with E-state index in [9.17, 15) is 4.39 Å². The molecule has 0 spiro atoms. The Balaban J connectivity index is 2.30. The van der Waals surface area contributed by atoms with Crippen LogP contribution in [-0.2, 0) is 0 Å². The normalized spacial score (nSPS) is 36.7. The number of hydrogen-bond donors (Lipinski definition) is 2. The van der Waals surface area contributed by atoms with Gasteiger partial charge in [-0.2, -0.15) is 0 Å². The van der Waals surface area contributed by atoms with Crippen LogP contribution in [0.5, 0.6) is 0 Å². The first-order valence-corrected chi connectivity index (χ1v) is 3.39. The fourth-order valence-corrected chi connectivity index (χ4v) is 1.12. The van der Waals surface area contributed by atoms with E-state index in [2.05, 4.69) is 5.32 Å². The molecule has 1 saturated heterocycles. The smallest absolute Gasteiger partial charge is 0.107 e. The van der Waals surface area contributed by atoms with Crippen molar-refractivity contribution in [3.05, 3.63) is 0 Å². The van der Waals surface area contributed by atoms with Gasteiger partial charge in [-0.1, -0.05) is 0 Å². The largest absolute Gasteiger partial charge is 0.330 e. The Kier molecular flexibility index (Phi) is 2.42. The summed E-state index contributed by atoms with van der Waals surface area (Å²) in [7, 11) is 0. The number of rotatable bonds is 1. The SMILES string of the molecule is NC[C@H]1CNCC[C@H]1F. The molecule has 0 saturated carbocycles. The summed E-state index contributed by atoms with van der Waals surface area (Å²) in [5, 5.41) is 3.10. The predicted octanol–water partition coefficient (Wildman–Crippen LogP) is -0.107. The lowest BCUT2D eigenvalue weighted by molar-refractivity contribution is 0.184. The highest BCUT2D eigenvalue weighted by molar-refractivity contribution is 4.77. The highest BCUT2D eigenvalue weighted by Crippen LogP contribution is 2.12. The molecular formula is C6H13FN2. The lowest BCUT2D eigenvalue weighted by Gasteiger charge is -2.24. The molecule has 0 radical (unpaired) electrons. The molecule has 0 bridgehead atoms. The molecule has 1 aliphatic rings. The molecule has 0 aliphatic carbocycles. The molecule has 1 heterocycles. The van der Waals surface area contributed by atoms with Crippen molar-refractivity contribution in [3.8, 4) is 0 Å². The molecule has 3 heteroatoms. The minimum absolute atomic E-state index is 0.0544. The molecule has 1 fully saturated rings. The van der Waals surface area contributed by atoms with Crippen LogP contribution >= 0.6 is 0 Å². The van der Waals surface area contributed by atoms with Crippen LogP contribution in [0.25, 0.3) is 0 Å². The van der Waals surface area contributed by atoms with E-state index in [1.165, 1.54) is 0 Å². The summed E-state index contributed by atoms with van der Waals surface area (Å²) in [6, 6.07) is 0. The van der Waals surface area contributed by atoms with Crippen LogP contribution in [0, 0.1) is 5.92 Å². The number of nitrogens with one attached hydrogen (secondary N) is 1. The molecule has 0 amide bonds. The Hall–Kier alpha value is -0.150. The van der Waals surface area contributed by atoms with E-state index in [4.69, 9.17) is 5.73 Å². The zero-order chi connectivity index (χ0) is 6.69. The van der Waals surface area contributed by atoms with Crippen LogP contribution in [0.4, 0.5) is 4.39 Å². The van der Waals surface area contributed by atoms with Gasteiger partial charge in [0.15, 0.2) is 0 Å². The van der Waals surface area contributed by atoms with Gasteiger partial charge in [0.25, 0.3) is 0 Å². The van der Waals surface area contributed by atoms with Gasteiger partial charge in [0, 0.05) is 12.5 Å². The van der Waals surface area contributed by atoms with Crippen LogP contribution in [0.2, 0.25) is 0 Å². The van der Waals surface area contributed by atoms with Gasteiger partial charge in [-0.25, -0.2) is 4.39 Å². The van der Waals surface area contributed by atoms with Gasteiger partial charge in [-0.3, -0.25) is 0 Å². The van der Waals surface area contributed by atoms with Gasteiger partial charge < -0.3 is 11.1 Å². The van der Waals surface area contributed by atoms with Gasteiger partial charge in [0.1, 0.15) is 6.17 Å². The van der Waals surface area contributed by atoms with Crippen LogP contribution in [0.1, 0.15) is 6.42 Å². The first-order chi connectivity index (χ1) is 4.34. The second-order valence-electron chi connectivity index (χ2n) is 2.50. The van der Waals surface area contributed by atoms with E-state index in [0.29, 0.717) is 13.0 Å². The molecule has 2 atom stereocenters. The van der Waals surface area contributed by atoms with E-state index >= 15 is 0 Å². The topological polar surface area (TPSA) is 38.0 Å².